The van der Waals surface area contributed by atoms with E-state index in [4.69, 9.17) is 0 Å². The van der Waals surface area contributed by atoms with Gasteiger partial charge in [0.1, 0.15) is 5.35 Å². The van der Waals surface area contributed by atoms with Gasteiger partial charge in [-0.3, -0.25) is 9.89 Å². The molecule has 1 N–H and O–H groups in total. The number of hydrogen-bond donors (Lipinski definition) is 1. The van der Waals surface area contributed by atoms with E-state index in [9.17, 15) is 4.79 Å². The molecule has 0 spiro atoms. The Morgan fingerprint density at radius 3 is 2.50 bits per heavy atom. The molecule has 0 bridgehead atoms. The van der Waals surface area contributed by atoms with Crippen LogP contribution in [0, 0.1) is 0 Å². The molecule has 0 amide bonds. The molecule has 0 saturated heterocycles. The molecule has 2 heterocycles. The summed E-state index contributed by atoms with van der Waals surface area (Å²) in [4.78, 5) is 22.8. The third-order valence-corrected chi connectivity index (χ3v) is 3.98. The number of aromatic nitrogens is 4. The van der Waals surface area contributed by atoms with Crippen molar-refractivity contribution < 1.29 is 0 Å². The van der Waals surface area contributed by atoms with Gasteiger partial charge < -0.3 is 4.90 Å². The van der Waals surface area contributed by atoms with Gasteiger partial charge in [0.05, 0.1) is 11.0 Å². The molecule has 1 aromatic carbocycles. The first-order chi connectivity index (χ1) is 11.5. The van der Waals surface area contributed by atoms with Crippen molar-refractivity contribution in [3.8, 4) is 5.95 Å². The van der Waals surface area contributed by atoms with Crippen LogP contribution in [-0.4, -0.2) is 33.8 Å². The maximum absolute atomic E-state index is 12.3. The molecular formula is C18H21N5O. The summed E-state index contributed by atoms with van der Waals surface area (Å²) in [6.45, 7) is 3.97. The molecule has 0 fully saturated rings. The van der Waals surface area contributed by atoms with Gasteiger partial charge in [0, 0.05) is 19.8 Å². The van der Waals surface area contributed by atoms with Crippen molar-refractivity contribution in [3.63, 3.8) is 0 Å². The van der Waals surface area contributed by atoms with Crippen LogP contribution in [0.2, 0.25) is 0 Å². The summed E-state index contributed by atoms with van der Waals surface area (Å²) in [6.07, 6.45) is 4.55. The van der Waals surface area contributed by atoms with Crippen molar-refractivity contribution in [2.75, 3.05) is 19.0 Å². The minimum absolute atomic E-state index is 0.286. The summed E-state index contributed by atoms with van der Waals surface area (Å²) in [7, 11) is 3.99. The lowest BCUT2D eigenvalue weighted by atomic mass is 10.2. The topological polar surface area (TPSA) is 66.8 Å². The molecule has 0 saturated carbocycles. The Morgan fingerprint density at radius 2 is 1.92 bits per heavy atom. The van der Waals surface area contributed by atoms with Gasteiger partial charge in [0.2, 0.25) is 0 Å². The van der Waals surface area contributed by atoms with E-state index in [2.05, 4.69) is 15.1 Å². The second-order valence-electron chi connectivity index (χ2n) is 5.79. The number of nitrogens with zero attached hydrogens (tertiary/aromatic N) is 4. The molecule has 3 rings (SSSR count). The number of aromatic amines is 1. The normalized spacial score (nSPS) is 13.0. The van der Waals surface area contributed by atoms with Crippen LogP contribution in [0.3, 0.4) is 0 Å². The van der Waals surface area contributed by atoms with Crippen molar-refractivity contribution in [2.24, 2.45) is 0 Å². The van der Waals surface area contributed by atoms with Gasteiger partial charge in [-0.1, -0.05) is 25.1 Å². The zero-order chi connectivity index (χ0) is 17.3. The predicted octanol–water partition coefficient (Wildman–Crippen LogP) is 0.651. The van der Waals surface area contributed by atoms with E-state index >= 15 is 0 Å². The van der Waals surface area contributed by atoms with Gasteiger partial charge in [-0.15, -0.1) is 0 Å². The molecule has 2 aliphatic heterocycles. The largest absolute Gasteiger partial charge is 0.378 e. The molecule has 6 nitrogen and oxygen atoms in total. The number of aryl methyl sites for hydroxylation is 1. The number of imidazole rings is 1. The van der Waals surface area contributed by atoms with Crippen molar-refractivity contribution in [2.45, 2.75) is 20.3 Å². The number of anilines is 1. The summed E-state index contributed by atoms with van der Waals surface area (Å²) in [5.41, 5.74) is 2.66. The SMILES string of the molecule is C/C=c1\[nH]n2/c(=C\c3ccc(N(C)C)cc3)c(=O)nc-2nc1CC. The van der Waals surface area contributed by atoms with Gasteiger partial charge in [-0.25, -0.2) is 9.67 Å². The molecule has 0 aromatic heterocycles. The average Bonchev–Trinajstić information content (AvgIpc) is 2.88. The Bertz CT molecular complexity index is 995. The molecule has 0 aliphatic carbocycles. The van der Waals surface area contributed by atoms with Crippen LogP contribution in [0.5, 0.6) is 0 Å². The third-order valence-electron chi connectivity index (χ3n) is 3.98. The molecule has 0 atom stereocenters. The van der Waals surface area contributed by atoms with E-state index in [0.717, 1.165) is 28.7 Å². The van der Waals surface area contributed by atoms with Crippen molar-refractivity contribution >= 4 is 17.8 Å². The summed E-state index contributed by atoms with van der Waals surface area (Å²) < 4.78 is 1.65. The first-order valence-electron chi connectivity index (χ1n) is 7.96. The first kappa shape index (κ1) is 16.0. The van der Waals surface area contributed by atoms with E-state index in [1.165, 1.54) is 0 Å². The summed E-state index contributed by atoms with van der Waals surface area (Å²) in [5, 5.41) is 4.61. The molecule has 0 unspecified atom stereocenters. The highest BCUT2D eigenvalue weighted by Gasteiger charge is 2.12. The Labute approximate surface area is 140 Å². The van der Waals surface area contributed by atoms with Crippen LogP contribution in [0.1, 0.15) is 25.1 Å². The molecule has 2 aliphatic rings. The highest BCUT2D eigenvalue weighted by atomic mass is 16.1. The standard InChI is InChI=1S/C18H21N5O/c1-5-14-15(6-2)21-23-16(17(24)20-18(23)19-14)11-12-7-9-13(10-8-12)22(3)4/h6-11,21H,5H2,1-4H3/b15-6-,16-11-. The fraction of sp³-hybridized carbons (Fsp3) is 0.278. The quantitative estimate of drug-likeness (QED) is 0.769. The summed E-state index contributed by atoms with van der Waals surface area (Å²) >= 11 is 0. The highest BCUT2D eigenvalue weighted by molar-refractivity contribution is 5.55. The Morgan fingerprint density at radius 1 is 1.21 bits per heavy atom. The Balaban J connectivity index is 2.19. The Kier molecular flexibility index (Phi) is 4.20. The second-order valence-corrected chi connectivity index (χ2v) is 5.79. The molecule has 124 valence electrons. The Hall–Kier alpha value is -2.89. The van der Waals surface area contributed by atoms with E-state index in [0.29, 0.717) is 11.3 Å². The van der Waals surface area contributed by atoms with E-state index < -0.39 is 0 Å². The number of rotatable bonds is 3. The first-order valence-corrected chi connectivity index (χ1v) is 7.96. The predicted molar refractivity (Wildman–Crippen MR) is 96.3 cm³/mol. The van der Waals surface area contributed by atoms with Crippen LogP contribution in [0.15, 0.2) is 29.1 Å². The summed E-state index contributed by atoms with van der Waals surface area (Å²) in [6, 6.07) is 7.99. The lowest BCUT2D eigenvalue weighted by Gasteiger charge is -2.11. The zero-order valence-electron chi connectivity index (χ0n) is 14.4. The minimum Gasteiger partial charge on any atom is -0.378 e. The fourth-order valence-corrected chi connectivity index (χ4v) is 2.61. The van der Waals surface area contributed by atoms with Gasteiger partial charge in [-0.05, 0) is 37.1 Å². The van der Waals surface area contributed by atoms with Crippen molar-refractivity contribution in [3.05, 3.63) is 56.6 Å². The number of fused-ring (bicyclic) bond motifs is 1. The molecule has 6 heteroatoms. The fourth-order valence-electron chi connectivity index (χ4n) is 2.61. The number of H-pyrrole nitrogens is 1. The van der Waals surface area contributed by atoms with Crippen LogP contribution in [0.25, 0.3) is 18.1 Å². The number of hydrogen-bond acceptors (Lipinski definition) is 4. The highest BCUT2D eigenvalue weighted by Crippen LogP contribution is 2.12. The van der Waals surface area contributed by atoms with Crippen LogP contribution < -0.4 is 21.2 Å². The van der Waals surface area contributed by atoms with Crippen molar-refractivity contribution in [1.29, 1.82) is 0 Å². The lowest BCUT2D eigenvalue weighted by Crippen LogP contribution is -2.33. The van der Waals surface area contributed by atoms with E-state index in [1.54, 1.807) is 4.68 Å². The smallest absolute Gasteiger partial charge is 0.299 e. The molecular weight excluding hydrogens is 302 g/mol. The van der Waals surface area contributed by atoms with Gasteiger partial charge >= 0.3 is 0 Å². The molecule has 24 heavy (non-hydrogen) atoms. The number of benzene rings is 1. The van der Waals surface area contributed by atoms with Crippen LogP contribution in [0.4, 0.5) is 5.69 Å². The van der Waals surface area contributed by atoms with Gasteiger partial charge in [0.25, 0.3) is 11.5 Å². The number of nitrogens with one attached hydrogen (secondary N) is 1. The van der Waals surface area contributed by atoms with Gasteiger partial charge in [-0.2, -0.15) is 4.98 Å². The zero-order valence-corrected chi connectivity index (χ0v) is 14.4. The maximum atomic E-state index is 12.3. The monoisotopic (exact) mass is 323 g/mol. The molecule has 1 aromatic rings. The summed E-state index contributed by atoms with van der Waals surface area (Å²) in [5.74, 6) is 0.401. The van der Waals surface area contributed by atoms with E-state index in [-0.39, 0.29) is 5.56 Å². The average molecular weight is 323 g/mol. The third kappa shape index (κ3) is 2.82. The molecule has 0 radical (unpaired) electrons. The minimum atomic E-state index is -0.286. The van der Waals surface area contributed by atoms with Crippen molar-refractivity contribution in [1.82, 2.24) is 19.7 Å². The van der Waals surface area contributed by atoms with Gasteiger partial charge in [0.15, 0.2) is 0 Å². The second kappa shape index (κ2) is 6.31. The van der Waals surface area contributed by atoms with E-state index in [1.807, 2.05) is 69.3 Å². The van der Waals surface area contributed by atoms with Crippen LogP contribution in [-0.2, 0) is 6.42 Å². The van der Waals surface area contributed by atoms with Crippen LogP contribution >= 0.6 is 0 Å². The maximum Gasteiger partial charge on any atom is 0.299 e. The lowest BCUT2D eigenvalue weighted by molar-refractivity contribution is 0.732.